The second-order valence-electron chi connectivity index (χ2n) is 10.4. The second-order valence-corrected chi connectivity index (χ2v) is 10.4. The third-order valence-corrected chi connectivity index (χ3v) is 7.68. The molecule has 0 atom stereocenters. The van der Waals surface area contributed by atoms with E-state index in [1.54, 1.807) is 23.2 Å². The SMILES string of the molecule is O=C(CCc1cc2cnccc2[nH]1)Cn1c(-c2cnn(C3CCC3)c2)cnc(CCCc2ccccc2)c1=O. The van der Waals surface area contributed by atoms with Crippen molar-refractivity contribution >= 4 is 16.7 Å². The number of fused-ring (bicyclic) bond motifs is 1. The number of hydrogen-bond donors (Lipinski definition) is 1. The van der Waals surface area contributed by atoms with E-state index in [0.29, 0.717) is 36.7 Å². The lowest BCUT2D eigenvalue weighted by molar-refractivity contribution is -0.119. The van der Waals surface area contributed by atoms with Crippen molar-refractivity contribution < 1.29 is 4.79 Å². The van der Waals surface area contributed by atoms with Gasteiger partial charge in [-0.05, 0) is 62.6 Å². The number of hydrogen-bond acceptors (Lipinski definition) is 5. The first-order chi connectivity index (χ1) is 19.1. The van der Waals surface area contributed by atoms with Gasteiger partial charge in [-0.15, -0.1) is 0 Å². The first kappa shape index (κ1) is 25.0. The van der Waals surface area contributed by atoms with Crippen LogP contribution < -0.4 is 5.56 Å². The zero-order valence-electron chi connectivity index (χ0n) is 21.9. The quantitative estimate of drug-likeness (QED) is 0.262. The molecule has 4 heterocycles. The molecule has 6 rings (SSSR count). The van der Waals surface area contributed by atoms with Gasteiger partial charge in [-0.25, -0.2) is 0 Å². The molecule has 0 aliphatic heterocycles. The van der Waals surface area contributed by atoms with Crippen molar-refractivity contribution in [3.05, 3.63) is 101 Å². The second kappa shape index (κ2) is 11.2. The number of carbonyl (C=O) groups excluding carboxylic acids is 1. The van der Waals surface area contributed by atoms with E-state index >= 15 is 0 Å². The fourth-order valence-electron chi connectivity index (χ4n) is 5.21. The summed E-state index contributed by atoms with van der Waals surface area (Å²) in [6, 6.07) is 14.6. The van der Waals surface area contributed by atoms with Crippen molar-refractivity contribution in [2.75, 3.05) is 0 Å². The van der Waals surface area contributed by atoms with Crippen molar-refractivity contribution in [3.63, 3.8) is 0 Å². The number of aryl methyl sites for hydroxylation is 3. The lowest BCUT2D eigenvalue weighted by Gasteiger charge is -2.25. The van der Waals surface area contributed by atoms with Crippen LogP contribution in [-0.4, -0.2) is 35.1 Å². The van der Waals surface area contributed by atoms with Crippen molar-refractivity contribution in [1.29, 1.82) is 0 Å². The van der Waals surface area contributed by atoms with Crippen LogP contribution >= 0.6 is 0 Å². The standard InChI is InChI=1S/C31H32N6O2/c38-27(13-12-25-16-23-17-32-15-14-28(23)35-25)21-36-30(24-18-34-37(20-24)26-9-5-10-26)19-33-29(31(36)39)11-4-8-22-6-2-1-3-7-22/h1-3,6-7,14-20,26,35H,4-5,8-13,21H2. The molecular formula is C31H32N6O2. The summed E-state index contributed by atoms with van der Waals surface area (Å²) in [5.74, 6) is 0.00273. The maximum Gasteiger partial charge on any atom is 0.273 e. The molecule has 0 saturated heterocycles. The summed E-state index contributed by atoms with van der Waals surface area (Å²) in [6.07, 6.45) is 15.7. The number of benzene rings is 1. The zero-order valence-corrected chi connectivity index (χ0v) is 21.9. The molecule has 1 aliphatic carbocycles. The van der Waals surface area contributed by atoms with Crippen LogP contribution in [0.15, 0.2) is 78.2 Å². The molecule has 1 fully saturated rings. The Bertz CT molecular complexity index is 1610. The Morgan fingerprint density at radius 2 is 1.90 bits per heavy atom. The lowest BCUT2D eigenvalue weighted by atomic mass is 9.93. The van der Waals surface area contributed by atoms with Crippen LogP contribution in [0, 0.1) is 0 Å². The van der Waals surface area contributed by atoms with Crippen LogP contribution in [-0.2, 0) is 30.6 Å². The first-order valence-electron chi connectivity index (χ1n) is 13.7. The number of pyridine rings is 1. The largest absolute Gasteiger partial charge is 0.358 e. The normalized spacial score (nSPS) is 13.5. The summed E-state index contributed by atoms with van der Waals surface area (Å²) in [5.41, 5.74) is 4.99. The van der Waals surface area contributed by atoms with Gasteiger partial charge < -0.3 is 4.98 Å². The number of Topliss-reactive ketones (excluding diaryl/α,β-unsaturated/α-hetero) is 1. The molecule has 0 radical (unpaired) electrons. The Hall–Kier alpha value is -4.33. The molecule has 5 aromatic rings. The van der Waals surface area contributed by atoms with Gasteiger partial charge in [0, 0.05) is 47.2 Å². The van der Waals surface area contributed by atoms with Crippen LogP contribution in [0.3, 0.4) is 0 Å². The van der Waals surface area contributed by atoms with E-state index in [0.717, 1.165) is 47.8 Å². The van der Waals surface area contributed by atoms with Gasteiger partial charge in [0.25, 0.3) is 5.56 Å². The van der Waals surface area contributed by atoms with Crippen LogP contribution in [0.5, 0.6) is 0 Å². The van der Waals surface area contributed by atoms with Gasteiger partial charge in [-0.1, -0.05) is 30.3 Å². The summed E-state index contributed by atoms with van der Waals surface area (Å²) in [4.78, 5) is 38.9. The molecule has 1 aliphatic rings. The smallest absolute Gasteiger partial charge is 0.273 e. The number of H-pyrrole nitrogens is 1. The molecule has 1 aromatic carbocycles. The highest BCUT2D eigenvalue weighted by Gasteiger charge is 2.22. The molecule has 0 amide bonds. The van der Waals surface area contributed by atoms with Gasteiger partial charge in [0.05, 0.1) is 30.7 Å². The first-order valence-corrected chi connectivity index (χ1v) is 13.7. The maximum atomic E-state index is 13.6. The molecular weight excluding hydrogens is 488 g/mol. The fourth-order valence-corrected chi connectivity index (χ4v) is 5.21. The third kappa shape index (κ3) is 5.60. The van der Waals surface area contributed by atoms with E-state index in [1.807, 2.05) is 47.4 Å². The number of nitrogens with one attached hydrogen (secondary N) is 1. The van der Waals surface area contributed by atoms with Gasteiger partial charge in [-0.3, -0.25) is 28.8 Å². The fraction of sp³-hybridized carbons (Fsp3) is 0.323. The van der Waals surface area contributed by atoms with Crippen LogP contribution in [0.4, 0.5) is 0 Å². The molecule has 0 unspecified atom stereocenters. The highest BCUT2D eigenvalue weighted by Crippen LogP contribution is 2.32. The molecule has 39 heavy (non-hydrogen) atoms. The molecule has 198 valence electrons. The Balaban J connectivity index is 1.21. The maximum absolute atomic E-state index is 13.6. The summed E-state index contributed by atoms with van der Waals surface area (Å²) < 4.78 is 3.58. The van der Waals surface area contributed by atoms with Gasteiger partial charge in [-0.2, -0.15) is 5.10 Å². The monoisotopic (exact) mass is 520 g/mol. The Morgan fingerprint density at radius 1 is 1.03 bits per heavy atom. The average Bonchev–Trinajstić information content (AvgIpc) is 3.56. The van der Waals surface area contributed by atoms with Gasteiger partial charge >= 0.3 is 0 Å². The van der Waals surface area contributed by atoms with E-state index in [4.69, 9.17) is 0 Å². The highest BCUT2D eigenvalue weighted by molar-refractivity contribution is 5.81. The van der Waals surface area contributed by atoms with Gasteiger partial charge in [0.2, 0.25) is 0 Å². The Morgan fingerprint density at radius 3 is 2.69 bits per heavy atom. The summed E-state index contributed by atoms with van der Waals surface area (Å²) in [7, 11) is 0. The number of rotatable bonds is 11. The number of carbonyl (C=O) groups is 1. The van der Waals surface area contributed by atoms with Gasteiger partial charge in [0.1, 0.15) is 5.69 Å². The summed E-state index contributed by atoms with van der Waals surface area (Å²) >= 11 is 0. The molecule has 8 heteroatoms. The van der Waals surface area contributed by atoms with E-state index in [-0.39, 0.29) is 17.9 Å². The number of aromatic amines is 1. The predicted molar refractivity (Wildman–Crippen MR) is 150 cm³/mol. The van der Waals surface area contributed by atoms with Crippen molar-refractivity contribution in [3.8, 4) is 11.3 Å². The third-order valence-electron chi connectivity index (χ3n) is 7.68. The number of nitrogens with zero attached hydrogens (tertiary/aromatic N) is 5. The summed E-state index contributed by atoms with van der Waals surface area (Å²) in [6.45, 7) is 0.0127. The van der Waals surface area contributed by atoms with E-state index in [9.17, 15) is 9.59 Å². The van der Waals surface area contributed by atoms with Crippen LogP contribution in [0.1, 0.15) is 55.1 Å². The molecule has 1 N–H and O–H groups in total. The summed E-state index contributed by atoms with van der Waals surface area (Å²) in [5, 5.41) is 5.57. The number of ketones is 1. The minimum absolute atomic E-state index is 0.00273. The highest BCUT2D eigenvalue weighted by atomic mass is 16.1. The van der Waals surface area contributed by atoms with E-state index in [2.05, 4.69) is 32.2 Å². The van der Waals surface area contributed by atoms with Gasteiger partial charge in [0.15, 0.2) is 5.78 Å². The minimum Gasteiger partial charge on any atom is -0.358 e. The average molecular weight is 521 g/mol. The molecule has 8 nitrogen and oxygen atoms in total. The van der Waals surface area contributed by atoms with E-state index in [1.165, 1.54) is 12.0 Å². The molecule has 0 bridgehead atoms. The van der Waals surface area contributed by atoms with Crippen molar-refractivity contribution in [2.45, 2.75) is 64.0 Å². The predicted octanol–water partition coefficient (Wildman–Crippen LogP) is 5.09. The Labute approximate surface area is 226 Å². The van der Waals surface area contributed by atoms with E-state index < -0.39 is 0 Å². The molecule has 1 saturated carbocycles. The van der Waals surface area contributed by atoms with Crippen LogP contribution in [0.25, 0.3) is 22.2 Å². The zero-order chi connectivity index (χ0) is 26.6. The number of aromatic nitrogens is 6. The Kier molecular flexibility index (Phi) is 7.17. The minimum atomic E-state index is -0.193. The molecule has 4 aromatic heterocycles. The van der Waals surface area contributed by atoms with Crippen molar-refractivity contribution in [1.82, 2.24) is 29.3 Å². The van der Waals surface area contributed by atoms with Crippen molar-refractivity contribution in [2.24, 2.45) is 0 Å². The molecule has 0 spiro atoms. The topological polar surface area (TPSA) is 98.5 Å². The lowest BCUT2D eigenvalue weighted by Crippen LogP contribution is -2.29. The van der Waals surface area contributed by atoms with Crippen LogP contribution in [0.2, 0.25) is 0 Å².